The second kappa shape index (κ2) is 7.27. The molecular weight excluding hydrogens is 329 g/mol. The maximum Gasteiger partial charge on any atom is 0.252 e. The van der Waals surface area contributed by atoms with Crippen LogP contribution in [0.5, 0.6) is 0 Å². The molecule has 112 valence electrons. The summed E-state index contributed by atoms with van der Waals surface area (Å²) in [7, 11) is 0. The molecule has 0 saturated carbocycles. The number of benzene rings is 1. The van der Waals surface area contributed by atoms with Crippen molar-refractivity contribution in [2.45, 2.75) is 19.4 Å². The second-order valence-corrected chi connectivity index (χ2v) is 6.65. The first-order chi connectivity index (χ1) is 9.97. The number of halogens is 2. The molecule has 0 aliphatic carbocycles. The van der Waals surface area contributed by atoms with Gasteiger partial charge in [-0.2, -0.15) is 0 Å². The van der Waals surface area contributed by atoms with Gasteiger partial charge in [0.25, 0.3) is 5.91 Å². The third-order valence-electron chi connectivity index (χ3n) is 2.92. The van der Waals surface area contributed by atoms with Crippen molar-refractivity contribution in [1.82, 2.24) is 5.32 Å². The van der Waals surface area contributed by atoms with Crippen LogP contribution in [0.2, 0.25) is 10.0 Å². The highest BCUT2D eigenvalue weighted by Crippen LogP contribution is 2.23. The Bertz CT molecular complexity index is 640. The average molecular weight is 344 g/mol. The van der Waals surface area contributed by atoms with Crippen molar-refractivity contribution in [3.05, 3.63) is 55.7 Å². The lowest BCUT2D eigenvalue weighted by Gasteiger charge is -2.06. The van der Waals surface area contributed by atoms with Gasteiger partial charge in [0.05, 0.1) is 16.7 Å². The van der Waals surface area contributed by atoms with E-state index in [1.54, 1.807) is 36.5 Å². The number of amides is 1. The van der Waals surface area contributed by atoms with Crippen molar-refractivity contribution in [2.75, 3.05) is 6.54 Å². The first-order valence-corrected chi connectivity index (χ1v) is 8.04. The van der Waals surface area contributed by atoms with E-state index in [1.807, 2.05) is 12.1 Å². The molecule has 3 nitrogen and oxygen atoms in total. The number of aliphatic hydroxyl groups excluding tert-OH is 1. The number of carbonyl (C=O) groups is 1. The summed E-state index contributed by atoms with van der Waals surface area (Å²) in [4.78, 5) is 14.1. The Balaban J connectivity index is 1.90. The highest BCUT2D eigenvalue weighted by atomic mass is 35.5. The molecule has 2 N–H and O–H groups in total. The van der Waals surface area contributed by atoms with Crippen LogP contribution >= 0.6 is 34.5 Å². The van der Waals surface area contributed by atoms with E-state index in [4.69, 9.17) is 23.2 Å². The van der Waals surface area contributed by atoms with Gasteiger partial charge in [0.2, 0.25) is 0 Å². The minimum absolute atomic E-state index is 0.241. The van der Waals surface area contributed by atoms with E-state index in [0.717, 1.165) is 9.75 Å². The Hall–Kier alpha value is -1.07. The summed E-state index contributed by atoms with van der Waals surface area (Å²) >= 11 is 13.4. The van der Waals surface area contributed by atoms with E-state index in [-0.39, 0.29) is 5.91 Å². The Morgan fingerprint density at radius 1 is 1.33 bits per heavy atom. The van der Waals surface area contributed by atoms with Crippen LogP contribution in [0.4, 0.5) is 0 Å². The van der Waals surface area contributed by atoms with Gasteiger partial charge in [-0.15, -0.1) is 11.3 Å². The van der Waals surface area contributed by atoms with Crippen LogP contribution in [0.1, 0.15) is 33.1 Å². The van der Waals surface area contributed by atoms with Gasteiger partial charge in [-0.25, -0.2) is 0 Å². The molecule has 2 rings (SSSR count). The van der Waals surface area contributed by atoms with E-state index in [1.165, 1.54) is 0 Å². The molecule has 0 radical (unpaired) electrons. The zero-order chi connectivity index (χ0) is 15.4. The molecule has 2 aromatic rings. The van der Waals surface area contributed by atoms with E-state index in [0.29, 0.717) is 28.6 Å². The molecule has 0 fully saturated rings. The van der Waals surface area contributed by atoms with Crippen LogP contribution < -0.4 is 5.32 Å². The number of carbonyl (C=O) groups excluding carboxylic acids is 1. The van der Waals surface area contributed by atoms with Crippen molar-refractivity contribution in [3.63, 3.8) is 0 Å². The fraction of sp³-hybridized carbons (Fsp3) is 0.267. The summed E-state index contributed by atoms with van der Waals surface area (Å²) < 4.78 is 0. The second-order valence-electron chi connectivity index (χ2n) is 4.61. The Morgan fingerprint density at radius 2 is 2.10 bits per heavy atom. The first-order valence-electron chi connectivity index (χ1n) is 6.47. The van der Waals surface area contributed by atoms with Crippen molar-refractivity contribution in [3.8, 4) is 0 Å². The molecule has 1 aromatic carbocycles. The van der Waals surface area contributed by atoms with Crippen molar-refractivity contribution in [2.24, 2.45) is 0 Å². The van der Waals surface area contributed by atoms with Gasteiger partial charge in [0.1, 0.15) is 0 Å². The van der Waals surface area contributed by atoms with Crippen LogP contribution in [0.25, 0.3) is 0 Å². The SMILES string of the molecule is C[C@@H](O)c1ccc(CCNC(=O)c2cc(Cl)ccc2Cl)s1. The third-order valence-corrected chi connectivity index (χ3v) is 4.80. The number of thiophene rings is 1. The molecule has 21 heavy (non-hydrogen) atoms. The lowest BCUT2D eigenvalue weighted by molar-refractivity contribution is 0.0954. The minimum atomic E-state index is -0.455. The van der Waals surface area contributed by atoms with Gasteiger partial charge in [0.15, 0.2) is 0 Å². The lowest BCUT2D eigenvalue weighted by Crippen LogP contribution is -2.25. The zero-order valence-electron chi connectivity index (χ0n) is 11.4. The molecule has 0 spiro atoms. The number of nitrogens with one attached hydrogen (secondary N) is 1. The van der Waals surface area contributed by atoms with Gasteiger partial charge < -0.3 is 10.4 Å². The quantitative estimate of drug-likeness (QED) is 0.859. The average Bonchev–Trinajstić information content (AvgIpc) is 2.90. The molecule has 6 heteroatoms. The largest absolute Gasteiger partial charge is 0.388 e. The fourth-order valence-electron chi connectivity index (χ4n) is 1.82. The predicted molar refractivity (Wildman–Crippen MR) is 87.5 cm³/mol. The van der Waals surface area contributed by atoms with Gasteiger partial charge in [-0.1, -0.05) is 23.2 Å². The van der Waals surface area contributed by atoms with E-state index < -0.39 is 6.10 Å². The smallest absolute Gasteiger partial charge is 0.252 e. The molecule has 1 atom stereocenters. The maximum absolute atomic E-state index is 12.0. The predicted octanol–water partition coefficient (Wildman–Crippen LogP) is 4.08. The maximum atomic E-state index is 12.0. The van der Waals surface area contributed by atoms with Crippen LogP contribution in [0, 0.1) is 0 Å². The third kappa shape index (κ3) is 4.45. The zero-order valence-corrected chi connectivity index (χ0v) is 13.7. The van der Waals surface area contributed by atoms with Crippen LogP contribution in [0.15, 0.2) is 30.3 Å². The Labute approximate surface area is 137 Å². The Kier molecular flexibility index (Phi) is 5.65. The van der Waals surface area contributed by atoms with Gasteiger partial charge in [-0.3, -0.25) is 4.79 Å². The molecule has 0 unspecified atom stereocenters. The van der Waals surface area contributed by atoms with Crippen LogP contribution in [0.3, 0.4) is 0 Å². The molecule has 1 heterocycles. The van der Waals surface area contributed by atoms with E-state index in [2.05, 4.69) is 5.32 Å². The minimum Gasteiger partial charge on any atom is -0.388 e. The number of aliphatic hydroxyl groups is 1. The van der Waals surface area contributed by atoms with Crippen molar-refractivity contribution < 1.29 is 9.90 Å². The summed E-state index contributed by atoms with van der Waals surface area (Å²) in [5, 5.41) is 13.1. The summed E-state index contributed by atoms with van der Waals surface area (Å²) in [5.41, 5.74) is 0.375. The van der Waals surface area contributed by atoms with Gasteiger partial charge in [0, 0.05) is 21.3 Å². The number of hydrogen-bond acceptors (Lipinski definition) is 3. The highest BCUT2D eigenvalue weighted by molar-refractivity contribution is 7.12. The molecule has 1 amide bonds. The van der Waals surface area contributed by atoms with Crippen molar-refractivity contribution >= 4 is 40.4 Å². The molecule has 1 aromatic heterocycles. The van der Waals surface area contributed by atoms with Gasteiger partial charge >= 0.3 is 0 Å². The highest BCUT2D eigenvalue weighted by Gasteiger charge is 2.11. The topological polar surface area (TPSA) is 49.3 Å². The molecule has 0 aliphatic heterocycles. The molecule has 0 saturated heterocycles. The Morgan fingerprint density at radius 3 is 2.76 bits per heavy atom. The monoisotopic (exact) mass is 343 g/mol. The number of hydrogen-bond donors (Lipinski definition) is 2. The molecule has 0 bridgehead atoms. The number of rotatable bonds is 5. The first kappa shape index (κ1) is 16.3. The molecule has 0 aliphatic rings. The van der Waals surface area contributed by atoms with Crippen LogP contribution in [-0.4, -0.2) is 17.6 Å². The summed E-state index contributed by atoms with van der Waals surface area (Å²) in [6, 6.07) is 8.67. The van der Waals surface area contributed by atoms with Gasteiger partial charge in [-0.05, 0) is 43.7 Å². The standard InChI is InChI=1S/C15H15Cl2NO2S/c1-9(19)14-5-3-11(21-14)6-7-18-15(20)12-8-10(16)2-4-13(12)17/h2-5,8-9,19H,6-7H2,1H3,(H,18,20)/t9-/m1/s1. The van der Waals surface area contributed by atoms with E-state index >= 15 is 0 Å². The van der Waals surface area contributed by atoms with E-state index in [9.17, 15) is 9.90 Å². The fourth-order valence-corrected chi connectivity index (χ4v) is 3.14. The summed E-state index contributed by atoms with van der Waals surface area (Å²) in [5.74, 6) is -0.241. The lowest BCUT2D eigenvalue weighted by atomic mass is 10.2. The summed E-state index contributed by atoms with van der Waals surface area (Å²) in [6.07, 6.45) is 0.255. The van der Waals surface area contributed by atoms with Crippen LogP contribution in [-0.2, 0) is 6.42 Å². The normalized spacial score (nSPS) is 12.2. The van der Waals surface area contributed by atoms with Crippen molar-refractivity contribution in [1.29, 1.82) is 0 Å². The summed E-state index contributed by atoms with van der Waals surface area (Å²) in [6.45, 7) is 2.24. The molecular formula is C15H15Cl2NO2S.